The van der Waals surface area contributed by atoms with Crippen molar-refractivity contribution in [3.8, 4) is 0 Å². The van der Waals surface area contributed by atoms with Gasteiger partial charge in [0.1, 0.15) is 0 Å². The number of aromatic amines is 1. The summed E-state index contributed by atoms with van der Waals surface area (Å²) in [5.41, 5.74) is 1.25. The van der Waals surface area contributed by atoms with Crippen LogP contribution in [0.5, 0.6) is 0 Å². The standard InChI is InChI=1S/C20H19N3O4/c1-3-27-20(26)17-22-16-10-9-14(11-15(16)19(25)23-17)12(2)21-18(24)13-7-5-4-6-8-13/h4-12H,3H2,1-2H3,(H,21,24)(H,22,23,25)/t12-/m0/s1. The minimum atomic E-state index is -0.677. The Hall–Kier alpha value is -3.48. The number of aromatic nitrogens is 2. The molecular formula is C20H19N3O4. The average Bonchev–Trinajstić information content (AvgIpc) is 2.68. The van der Waals surface area contributed by atoms with Crippen molar-refractivity contribution in [2.45, 2.75) is 19.9 Å². The molecule has 7 heteroatoms. The van der Waals surface area contributed by atoms with E-state index in [1.165, 1.54) is 0 Å². The van der Waals surface area contributed by atoms with Crippen LogP contribution < -0.4 is 10.9 Å². The Kier molecular flexibility index (Phi) is 5.30. The van der Waals surface area contributed by atoms with Crippen molar-refractivity contribution in [1.29, 1.82) is 0 Å². The summed E-state index contributed by atoms with van der Waals surface area (Å²) in [7, 11) is 0. The summed E-state index contributed by atoms with van der Waals surface area (Å²) in [6.45, 7) is 3.70. The van der Waals surface area contributed by atoms with Crippen molar-refractivity contribution < 1.29 is 14.3 Å². The van der Waals surface area contributed by atoms with Crippen LogP contribution in [0.3, 0.4) is 0 Å². The number of benzene rings is 2. The molecule has 3 rings (SSSR count). The van der Waals surface area contributed by atoms with Crippen LogP contribution in [0.2, 0.25) is 0 Å². The third kappa shape index (κ3) is 4.03. The van der Waals surface area contributed by atoms with E-state index in [0.717, 1.165) is 5.56 Å². The van der Waals surface area contributed by atoms with E-state index in [2.05, 4.69) is 15.3 Å². The van der Waals surface area contributed by atoms with E-state index < -0.39 is 11.5 Å². The molecule has 0 saturated carbocycles. The van der Waals surface area contributed by atoms with Gasteiger partial charge in [0.2, 0.25) is 5.82 Å². The Labute approximate surface area is 155 Å². The maximum atomic E-state index is 12.3. The number of ether oxygens (including phenoxy) is 1. The van der Waals surface area contributed by atoms with Gasteiger partial charge in [-0.1, -0.05) is 24.3 Å². The smallest absolute Gasteiger partial charge is 0.374 e. The van der Waals surface area contributed by atoms with Crippen LogP contribution in [-0.2, 0) is 4.74 Å². The first-order valence-electron chi connectivity index (χ1n) is 8.56. The van der Waals surface area contributed by atoms with Crippen molar-refractivity contribution in [2.24, 2.45) is 0 Å². The van der Waals surface area contributed by atoms with Gasteiger partial charge < -0.3 is 15.0 Å². The highest BCUT2D eigenvalue weighted by molar-refractivity contribution is 5.94. The number of hydrogen-bond acceptors (Lipinski definition) is 5. The second-order valence-corrected chi connectivity index (χ2v) is 5.97. The fraction of sp³-hybridized carbons (Fsp3) is 0.200. The van der Waals surface area contributed by atoms with E-state index in [0.29, 0.717) is 16.5 Å². The Bertz CT molecular complexity index is 1040. The van der Waals surface area contributed by atoms with Gasteiger partial charge in [-0.15, -0.1) is 0 Å². The maximum absolute atomic E-state index is 12.3. The van der Waals surface area contributed by atoms with Crippen molar-refractivity contribution in [1.82, 2.24) is 15.3 Å². The molecular weight excluding hydrogens is 346 g/mol. The number of carbonyl (C=O) groups excluding carboxylic acids is 2. The monoisotopic (exact) mass is 365 g/mol. The fourth-order valence-electron chi connectivity index (χ4n) is 2.67. The molecule has 0 spiro atoms. The van der Waals surface area contributed by atoms with E-state index in [9.17, 15) is 14.4 Å². The first-order valence-corrected chi connectivity index (χ1v) is 8.56. The quantitative estimate of drug-likeness (QED) is 0.677. The number of fused-ring (bicyclic) bond motifs is 1. The molecule has 2 aromatic carbocycles. The number of amides is 1. The molecule has 3 aromatic rings. The highest BCUT2D eigenvalue weighted by Crippen LogP contribution is 2.18. The number of carbonyl (C=O) groups is 2. The maximum Gasteiger partial charge on any atom is 0.374 e. The number of nitrogens with one attached hydrogen (secondary N) is 2. The molecule has 1 atom stereocenters. The van der Waals surface area contributed by atoms with Gasteiger partial charge in [0.25, 0.3) is 11.5 Å². The third-order valence-corrected chi connectivity index (χ3v) is 4.08. The van der Waals surface area contributed by atoms with Gasteiger partial charge >= 0.3 is 5.97 Å². The zero-order valence-corrected chi connectivity index (χ0v) is 15.0. The van der Waals surface area contributed by atoms with Crippen molar-refractivity contribution in [2.75, 3.05) is 6.61 Å². The van der Waals surface area contributed by atoms with Gasteiger partial charge in [0, 0.05) is 5.56 Å². The first-order chi connectivity index (χ1) is 13.0. The summed E-state index contributed by atoms with van der Waals surface area (Å²) >= 11 is 0. The SMILES string of the molecule is CCOC(=O)c1nc2ccc([C@H](C)NC(=O)c3ccccc3)cc2c(=O)[nH]1. The van der Waals surface area contributed by atoms with Crippen LogP contribution in [0.15, 0.2) is 53.3 Å². The predicted molar refractivity (Wildman–Crippen MR) is 101 cm³/mol. The molecule has 1 heterocycles. The fourth-order valence-corrected chi connectivity index (χ4v) is 2.67. The number of nitrogens with zero attached hydrogens (tertiary/aromatic N) is 1. The van der Waals surface area contributed by atoms with Gasteiger partial charge in [0.15, 0.2) is 0 Å². The third-order valence-electron chi connectivity index (χ3n) is 4.08. The second kappa shape index (κ2) is 7.82. The minimum Gasteiger partial charge on any atom is -0.460 e. The van der Waals surface area contributed by atoms with Gasteiger partial charge in [-0.3, -0.25) is 9.59 Å². The molecule has 0 fully saturated rings. The second-order valence-electron chi connectivity index (χ2n) is 5.97. The van der Waals surface area contributed by atoms with Crippen LogP contribution in [0.4, 0.5) is 0 Å². The molecule has 0 bridgehead atoms. The van der Waals surface area contributed by atoms with Crippen molar-refractivity contribution >= 4 is 22.8 Å². The van der Waals surface area contributed by atoms with E-state index >= 15 is 0 Å². The Morgan fingerprint density at radius 1 is 1.19 bits per heavy atom. The number of hydrogen-bond donors (Lipinski definition) is 2. The van der Waals surface area contributed by atoms with Crippen LogP contribution in [0, 0.1) is 0 Å². The normalized spacial score (nSPS) is 11.8. The lowest BCUT2D eigenvalue weighted by atomic mass is 10.1. The Morgan fingerprint density at radius 3 is 2.63 bits per heavy atom. The Balaban J connectivity index is 1.87. The molecule has 0 unspecified atom stereocenters. The van der Waals surface area contributed by atoms with E-state index in [4.69, 9.17) is 4.74 Å². The van der Waals surface area contributed by atoms with Crippen LogP contribution in [0.1, 0.15) is 46.4 Å². The van der Waals surface area contributed by atoms with Crippen LogP contribution >= 0.6 is 0 Å². The van der Waals surface area contributed by atoms with E-state index in [-0.39, 0.29) is 24.4 Å². The molecule has 27 heavy (non-hydrogen) atoms. The summed E-state index contributed by atoms with van der Waals surface area (Å²) in [6, 6.07) is 13.6. The molecule has 1 aromatic heterocycles. The number of rotatable bonds is 5. The molecule has 0 radical (unpaired) electrons. The molecule has 0 aliphatic rings. The molecule has 0 aliphatic heterocycles. The van der Waals surface area contributed by atoms with E-state index in [1.54, 1.807) is 49.4 Å². The molecule has 0 saturated heterocycles. The molecule has 1 amide bonds. The number of esters is 1. The first kappa shape index (κ1) is 18.3. The van der Waals surface area contributed by atoms with E-state index in [1.807, 2.05) is 13.0 Å². The molecule has 2 N–H and O–H groups in total. The minimum absolute atomic E-state index is 0.132. The van der Waals surface area contributed by atoms with Gasteiger partial charge in [0.05, 0.1) is 23.6 Å². The number of H-pyrrole nitrogens is 1. The molecule has 0 aliphatic carbocycles. The highest BCUT2D eigenvalue weighted by atomic mass is 16.5. The summed E-state index contributed by atoms with van der Waals surface area (Å²) in [5, 5.41) is 3.23. The van der Waals surface area contributed by atoms with Crippen LogP contribution in [-0.4, -0.2) is 28.5 Å². The largest absolute Gasteiger partial charge is 0.460 e. The van der Waals surface area contributed by atoms with Gasteiger partial charge in [-0.05, 0) is 43.7 Å². The van der Waals surface area contributed by atoms with Gasteiger partial charge in [-0.2, -0.15) is 0 Å². The lowest BCUT2D eigenvalue weighted by Gasteiger charge is -2.15. The molecule has 7 nitrogen and oxygen atoms in total. The summed E-state index contributed by atoms with van der Waals surface area (Å²) in [5.74, 6) is -1.01. The Morgan fingerprint density at radius 2 is 1.93 bits per heavy atom. The van der Waals surface area contributed by atoms with Crippen molar-refractivity contribution in [3.63, 3.8) is 0 Å². The lowest BCUT2D eigenvalue weighted by molar-refractivity contribution is 0.0512. The summed E-state index contributed by atoms with van der Waals surface area (Å²) in [6.07, 6.45) is 0. The average molecular weight is 365 g/mol. The summed E-state index contributed by atoms with van der Waals surface area (Å²) in [4.78, 5) is 43.0. The predicted octanol–water partition coefficient (Wildman–Crippen LogP) is 2.59. The zero-order chi connectivity index (χ0) is 19.4. The van der Waals surface area contributed by atoms with Crippen LogP contribution in [0.25, 0.3) is 10.9 Å². The van der Waals surface area contributed by atoms with Crippen molar-refractivity contribution in [3.05, 3.63) is 75.8 Å². The highest BCUT2D eigenvalue weighted by Gasteiger charge is 2.15. The summed E-state index contributed by atoms with van der Waals surface area (Å²) < 4.78 is 4.86. The molecule has 138 valence electrons. The lowest BCUT2D eigenvalue weighted by Crippen LogP contribution is -2.26. The zero-order valence-electron chi connectivity index (χ0n) is 15.0. The van der Waals surface area contributed by atoms with Gasteiger partial charge in [-0.25, -0.2) is 9.78 Å². The topological polar surface area (TPSA) is 101 Å².